The summed E-state index contributed by atoms with van der Waals surface area (Å²) in [5.74, 6) is -0.696. The number of sulfone groups is 1. The topological polar surface area (TPSA) is 55.4 Å². The maximum absolute atomic E-state index is 14.0. The molecule has 1 heterocycles. The summed E-state index contributed by atoms with van der Waals surface area (Å²) in [6.07, 6.45) is 4.26. The van der Waals surface area contributed by atoms with Crippen LogP contribution in [-0.4, -0.2) is 33.4 Å². The molecular weight excluding hydrogens is 305 g/mol. The zero-order valence-electron chi connectivity index (χ0n) is 13.3. The normalized spacial score (nSPS) is 21.7. The first-order valence-corrected chi connectivity index (χ1v) is 9.59. The molecule has 6 heteroatoms. The Morgan fingerprint density at radius 1 is 1.45 bits per heavy atom. The van der Waals surface area contributed by atoms with Crippen molar-refractivity contribution in [2.45, 2.75) is 56.2 Å². The monoisotopic (exact) mass is 329 g/mol. The summed E-state index contributed by atoms with van der Waals surface area (Å²) in [4.78, 5) is -0.255. The second-order valence-corrected chi connectivity index (χ2v) is 7.90. The van der Waals surface area contributed by atoms with Gasteiger partial charge in [0.2, 0.25) is 0 Å². The van der Waals surface area contributed by atoms with Crippen LogP contribution in [0.2, 0.25) is 0 Å². The van der Waals surface area contributed by atoms with E-state index in [0.29, 0.717) is 0 Å². The van der Waals surface area contributed by atoms with E-state index in [4.69, 9.17) is 4.74 Å². The van der Waals surface area contributed by atoms with Crippen molar-refractivity contribution >= 4 is 9.84 Å². The highest BCUT2D eigenvalue weighted by Gasteiger charge is 2.26. The third-order valence-corrected chi connectivity index (χ3v) is 5.30. The molecule has 2 rings (SSSR count). The van der Waals surface area contributed by atoms with E-state index < -0.39 is 15.7 Å². The van der Waals surface area contributed by atoms with E-state index >= 15 is 0 Å². The van der Waals surface area contributed by atoms with Gasteiger partial charge in [0, 0.05) is 24.9 Å². The maximum Gasteiger partial charge on any atom is 0.178 e. The Labute approximate surface area is 132 Å². The van der Waals surface area contributed by atoms with E-state index in [1.165, 1.54) is 12.1 Å². The molecule has 0 unspecified atom stereocenters. The van der Waals surface area contributed by atoms with Crippen molar-refractivity contribution in [3.05, 3.63) is 29.6 Å². The van der Waals surface area contributed by atoms with Crippen molar-refractivity contribution in [1.82, 2.24) is 5.32 Å². The zero-order chi connectivity index (χ0) is 16.3. The van der Waals surface area contributed by atoms with Crippen LogP contribution in [0.3, 0.4) is 0 Å². The Morgan fingerprint density at radius 3 is 2.68 bits per heavy atom. The standard InChI is InChI=1S/C16H24FNO3S/c1-4-14(15-6-5-9-21-15)18-11(2)12-7-8-16(13(17)10-12)22(3,19)20/h7-8,10-11,14-15,18H,4-6,9H2,1-3H3/t11-,14-,15-/m0/s1. The van der Waals surface area contributed by atoms with Gasteiger partial charge in [0.05, 0.1) is 6.10 Å². The molecule has 0 saturated carbocycles. The Morgan fingerprint density at radius 2 is 2.18 bits per heavy atom. The summed E-state index contributed by atoms with van der Waals surface area (Å²) in [6.45, 7) is 4.85. The molecule has 0 aliphatic carbocycles. The second-order valence-electron chi connectivity index (χ2n) is 5.92. The van der Waals surface area contributed by atoms with Crippen LogP contribution in [0.5, 0.6) is 0 Å². The molecule has 1 saturated heterocycles. The van der Waals surface area contributed by atoms with E-state index in [1.807, 2.05) is 6.92 Å². The Kier molecular flexibility index (Phi) is 5.58. The fourth-order valence-electron chi connectivity index (χ4n) is 2.91. The van der Waals surface area contributed by atoms with Gasteiger partial charge in [-0.15, -0.1) is 0 Å². The molecule has 124 valence electrons. The van der Waals surface area contributed by atoms with Crippen LogP contribution in [0.25, 0.3) is 0 Å². The molecule has 1 aromatic rings. The molecule has 1 fully saturated rings. The highest BCUT2D eigenvalue weighted by Crippen LogP contribution is 2.23. The second kappa shape index (κ2) is 7.06. The lowest BCUT2D eigenvalue weighted by Gasteiger charge is -2.27. The van der Waals surface area contributed by atoms with Gasteiger partial charge in [0.1, 0.15) is 10.7 Å². The minimum absolute atomic E-state index is 0.0720. The van der Waals surface area contributed by atoms with Gasteiger partial charge in [0.25, 0.3) is 0 Å². The molecule has 0 spiro atoms. The number of rotatable bonds is 6. The van der Waals surface area contributed by atoms with E-state index in [1.54, 1.807) is 6.07 Å². The van der Waals surface area contributed by atoms with E-state index in [-0.39, 0.29) is 23.1 Å². The van der Waals surface area contributed by atoms with Crippen molar-refractivity contribution in [3.63, 3.8) is 0 Å². The van der Waals surface area contributed by atoms with Crippen molar-refractivity contribution in [3.8, 4) is 0 Å². The molecule has 1 aliphatic heterocycles. The molecule has 0 aromatic heterocycles. The predicted octanol–water partition coefficient (Wildman–Crippen LogP) is 2.84. The molecular formula is C16H24FNO3S. The van der Waals surface area contributed by atoms with Crippen LogP contribution in [0.1, 0.15) is 44.7 Å². The fraction of sp³-hybridized carbons (Fsp3) is 0.625. The van der Waals surface area contributed by atoms with Crippen LogP contribution in [0.4, 0.5) is 4.39 Å². The third-order valence-electron chi connectivity index (χ3n) is 4.17. The number of benzene rings is 1. The Hall–Kier alpha value is -0.980. The van der Waals surface area contributed by atoms with Crippen LogP contribution in [0.15, 0.2) is 23.1 Å². The highest BCUT2D eigenvalue weighted by atomic mass is 32.2. The van der Waals surface area contributed by atoms with Crippen molar-refractivity contribution in [1.29, 1.82) is 0 Å². The first-order chi connectivity index (χ1) is 10.3. The quantitative estimate of drug-likeness (QED) is 0.872. The molecule has 0 bridgehead atoms. The first kappa shape index (κ1) is 17.4. The predicted molar refractivity (Wildman–Crippen MR) is 84.1 cm³/mol. The van der Waals surface area contributed by atoms with Gasteiger partial charge < -0.3 is 10.1 Å². The molecule has 3 atom stereocenters. The average Bonchev–Trinajstić information content (AvgIpc) is 2.96. The van der Waals surface area contributed by atoms with Crippen LogP contribution in [0, 0.1) is 5.82 Å². The van der Waals surface area contributed by atoms with Gasteiger partial charge in [0.15, 0.2) is 9.84 Å². The SMILES string of the molecule is CC[C@H](N[C@@H](C)c1ccc(S(C)(=O)=O)c(F)c1)[C@@H]1CCCO1. The van der Waals surface area contributed by atoms with Crippen molar-refractivity contribution in [2.24, 2.45) is 0 Å². The summed E-state index contributed by atoms with van der Waals surface area (Å²) in [5, 5.41) is 3.47. The number of hydrogen-bond donors (Lipinski definition) is 1. The first-order valence-electron chi connectivity index (χ1n) is 7.70. The zero-order valence-corrected chi connectivity index (χ0v) is 14.1. The summed E-state index contributed by atoms with van der Waals surface area (Å²) >= 11 is 0. The Bertz CT molecular complexity index is 612. The molecule has 22 heavy (non-hydrogen) atoms. The van der Waals surface area contributed by atoms with E-state index in [2.05, 4.69) is 12.2 Å². The number of ether oxygens (including phenoxy) is 1. The van der Waals surface area contributed by atoms with Gasteiger partial charge in [-0.3, -0.25) is 0 Å². The third kappa shape index (κ3) is 4.06. The average molecular weight is 329 g/mol. The summed E-state index contributed by atoms with van der Waals surface area (Å²) < 4.78 is 42.6. The lowest BCUT2D eigenvalue weighted by molar-refractivity contribution is 0.0735. The van der Waals surface area contributed by atoms with Crippen LogP contribution in [-0.2, 0) is 14.6 Å². The number of halogens is 1. The van der Waals surface area contributed by atoms with Gasteiger partial charge in [-0.1, -0.05) is 13.0 Å². The van der Waals surface area contributed by atoms with Crippen molar-refractivity contribution in [2.75, 3.05) is 12.9 Å². The summed E-state index contributed by atoms with van der Waals surface area (Å²) in [6, 6.07) is 4.45. The molecule has 1 aliphatic rings. The number of nitrogens with one attached hydrogen (secondary N) is 1. The minimum Gasteiger partial charge on any atom is -0.377 e. The van der Waals surface area contributed by atoms with E-state index in [9.17, 15) is 12.8 Å². The van der Waals surface area contributed by atoms with Gasteiger partial charge >= 0.3 is 0 Å². The van der Waals surface area contributed by atoms with Crippen LogP contribution >= 0.6 is 0 Å². The smallest absolute Gasteiger partial charge is 0.178 e. The molecule has 0 radical (unpaired) electrons. The fourth-order valence-corrected chi connectivity index (χ4v) is 3.64. The minimum atomic E-state index is -3.53. The van der Waals surface area contributed by atoms with Crippen molar-refractivity contribution < 1.29 is 17.5 Å². The van der Waals surface area contributed by atoms with Gasteiger partial charge in [-0.2, -0.15) is 0 Å². The van der Waals surface area contributed by atoms with Gasteiger partial charge in [-0.05, 0) is 43.9 Å². The van der Waals surface area contributed by atoms with Gasteiger partial charge in [-0.25, -0.2) is 12.8 Å². The van der Waals surface area contributed by atoms with Crippen LogP contribution < -0.4 is 5.32 Å². The maximum atomic E-state index is 14.0. The lowest BCUT2D eigenvalue weighted by atomic mass is 10.0. The number of hydrogen-bond acceptors (Lipinski definition) is 4. The highest BCUT2D eigenvalue weighted by molar-refractivity contribution is 7.90. The summed E-state index contributed by atoms with van der Waals surface area (Å²) in [5.41, 5.74) is 0.737. The Balaban J connectivity index is 2.12. The molecule has 0 amide bonds. The molecule has 4 nitrogen and oxygen atoms in total. The lowest BCUT2D eigenvalue weighted by Crippen LogP contribution is -2.40. The summed E-state index contributed by atoms with van der Waals surface area (Å²) in [7, 11) is -3.53. The molecule has 1 N–H and O–H groups in total. The largest absolute Gasteiger partial charge is 0.377 e. The van der Waals surface area contributed by atoms with E-state index in [0.717, 1.165) is 37.7 Å². The molecule has 1 aromatic carbocycles.